The quantitative estimate of drug-likeness (QED) is 0.904. The lowest BCUT2D eigenvalue weighted by Crippen LogP contribution is -2.47. The number of anilines is 2. The van der Waals surface area contributed by atoms with Crippen molar-refractivity contribution in [1.82, 2.24) is 19.9 Å². The van der Waals surface area contributed by atoms with Gasteiger partial charge in [-0.3, -0.25) is 9.78 Å². The topological polar surface area (TPSA) is 78.0 Å². The van der Waals surface area contributed by atoms with Gasteiger partial charge >= 0.3 is 0 Å². The van der Waals surface area contributed by atoms with Crippen molar-refractivity contribution in [2.24, 2.45) is 0 Å². The highest BCUT2D eigenvalue weighted by Gasteiger charge is 2.21. The predicted octanol–water partition coefficient (Wildman–Crippen LogP) is 0.824. The Bertz CT molecular complexity index is 684. The van der Waals surface area contributed by atoms with Gasteiger partial charge in [0.25, 0.3) is 12.0 Å². The molecule has 22 heavy (non-hydrogen) atoms. The molecule has 0 aromatic carbocycles. The van der Waals surface area contributed by atoms with Crippen LogP contribution in [0.3, 0.4) is 0 Å². The maximum absolute atomic E-state index is 12.7. The standard InChI is InChI=1S/C13H14F2N6O/c14-12(15)9-7-11(22)19-13(18-9)21-5-3-20(4-6-21)10-1-2-16-8-17-10/h1-2,7-8,12H,3-6H2,(H,18,19,22). The van der Waals surface area contributed by atoms with Gasteiger partial charge in [-0.25, -0.2) is 23.7 Å². The molecule has 116 valence electrons. The fourth-order valence-corrected chi connectivity index (χ4v) is 2.34. The minimum atomic E-state index is -2.76. The Morgan fingerprint density at radius 1 is 1.18 bits per heavy atom. The molecule has 0 bridgehead atoms. The highest BCUT2D eigenvalue weighted by molar-refractivity contribution is 5.41. The number of nitrogens with zero attached hydrogens (tertiary/aromatic N) is 5. The molecule has 1 aliphatic heterocycles. The molecule has 1 saturated heterocycles. The van der Waals surface area contributed by atoms with Crippen LogP contribution in [-0.2, 0) is 0 Å². The van der Waals surface area contributed by atoms with Crippen molar-refractivity contribution in [2.75, 3.05) is 36.0 Å². The molecular weight excluding hydrogens is 294 g/mol. The van der Waals surface area contributed by atoms with Crippen molar-refractivity contribution < 1.29 is 8.78 Å². The number of alkyl halides is 2. The van der Waals surface area contributed by atoms with Gasteiger partial charge < -0.3 is 9.80 Å². The van der Waals surface area contributed by atoms with Gasteiger partial charge in [-0.05, 0) is 6.07 Å². The molecule has 0 atom stereocenters. The summed E-state index contributed by atoms with van der Waals surface area (Å²) in [5, 5.41) is 0. The maximum Gasteiger partial charge on any atom is 0.280 e. The summed E-state index contributed by atoms with van der Waals surface area (Å²) in [4.78, 5) is 29.7. The zero-order chi connectivity index (χ0) is 15.5. The number of halogens is 2. The van der Waals surface area contributed by atoms with Crippen LogP contribution in [0.15, 0.2) is 29.5 Å². The van der Waals surface area contributed by atoms with Gasteiger partial charge in [0.1, 0.15) is 17.8 Å². The molecule has 0 radical (unpaired) electrons. The number of nitrogens with one attached hydrogen (secondary N) is 1. The predicted molar refractivity (Wildman–Crippen MR) is 76.3 cm³/mol. The lowest BCUT2D eigenvalue weighted by Gasteiger charge is -2.35. The van der Waals surface area contributed by atoms with Crippen LogP contribution in [0.25, 0.3) is 0 Å². The van der Waals surface area contributed by atoms with Crippen LogP contribution < -0.4 is 15.4 Å². The van der Waals surface area contributed by atoms with E-state index >= 15 is 0 Å². The van der Waals surface area contributed by atoms with Gasteiger partial charge in [-0.2, -0.15) is 0 Å². The maximum atomic E-state index is 12.7. The summed E-state index contributed by atoms with van der Waals surface area (Å²) in [6, 6.07) is 2.64. The number of piperazine rings is 1. The van der Waals surface area contributed by atoms with Crippen LogP contribution in [-0.4, -0.2) is 46.1 Å². The van der Waals surface area contributed by atoms with Crippen LogP contribution in [0.2, 0.25) is 0 Å². The Morgan fingerprint density at radius 3 is 2.55 bits per heavy atom. The van der Waals surface area contributed by atoms with Gasteiger partial charge in [-0.1, -0.05) is 0 Å². The van der Waals surface area contributed by atoms with Gasteiger partial charge in [0.2, 0.25) is 5.95 Å². The van der Waals surface area contributed by atoms with Crippen molar-refractivity contribution in [1.29, 1.82) is 0 Å². The van der Waals surface area contributed by atoms with Crippen molar-refractivity contribution in [3.05, 3.63) is 40.7 Å². The van der Waals surface area contributed by atoms with Gasteiger partial charge in [0, 0.05) is 38.4 Å². The van der Waals surface area contributed by atoms with Crippen LogP contribution >= 0.6 is 0 Å². The Balaban J connectivity index is 1.73. The number of aromatic nitrogens is 4. The van der Waals surface area contributed by atoms with E-state index in [-0.39, 0.29) is 5.95 Å². The SMILES string of the molecule is O=c1cc(C(F)F)nc(N2CCN(c3ccncn3)CC2)[nH]1. The van der Waals surface area contributed by atoms with E-state index in [1.165, 1.54) is 6.33 Å². The minimum absolute atomic E-state index is 0.185. The van der Waals surface area contributed by atoms with Crippen molar-refractivity contribution in [3.8, 4) is 0 Å². The molecule has 7 nitrogen and oxygen atoms in total. The summed E-state index contributed by atoms with van der Waals surface area (Å²) in [7, 11) is 0. The fourth-order valence-electron chi connectivity index (χ4n) is 2.34. The van der Waals surface area contributed by atoms with Gasteiger partial charge in [0.05, 0.1) is 0 Å². The molecule has 0 unspecified atom stereocenters. The molecule has 3 rings (SSSR count). The molecule has 0 spiro atoms. The average molecular weight is 308 g/mol. The molecular formula is C13H14F2N6O. The number of H-pyrrole nitrogens is 1. The Hall–Kier alpha value is -2.58. The first-order chi connectivity index (χ1) is 10.6. The molecule has 1 aliphatic rings. The molecule has 1 fully saturated rings. The van der Waals surface area contributed by atoms with Crippen LogP contribution in [0, 0.1) is 0 Å². The Morgan fingerprint density at radius 2 is 1.91 bits per heavy atom. The normalized spacial score (nSPS) is 15.4. The van der Waals surface area contributed by atoms with Gasteiger partial charge in [-0.15, -0.1) is 0 Å². The molecule has 1 N–H and O–H groups in total. The average Bonchev–Trinajstić information content (AvgIpc) is 2.55. The van der Waals surface area contributed by atoms with Crippen molar-refractivity contribution in [3.63, 3.8) is 0 Å². The van der Waals surface area contributed by atoms with E-state index in [4.69, 9.17) is 0 Å². The van der Waals surface area contributed by atoms with E-state index in [1.807, 2.05) is 6.07 Å². The second-order valence-electron chi connectivity index (χ2n) is 4.84. The van der Waals surface area contributed by atoms with E-state index in [0.717, 1.165) is 11.9 Å². The van der Waals surface area contributed by atoms with E-state index in [9.17, 15) is 13.6 Å². The van der Waals surface area contributed by atoms with Gasteiger partial charge in [0.15, 0.2) is 0 Å². The van der Waals surface area contributed by atoms with E-state index in [0.29, 0.717) is 26.2 Å². The number of rotatable bonds is 3. The smallest absolute Gasteiger partial charge is 0.280 e. The molecule has 2 aromatic rings. The second kappa shape index (κ2) is 6.04. The molecule has 0 amide bonds. The molecule has 9 heteroatoms. The largest absolute Gasteiger partial charge is 0.353 e. The molecule has 0 aliphatic carbocycles. The highest BCUT2D eigenvalue weighted by Crippen LogP contribution is 2.18. The first kappa shape index (κ1) is 14.4. The first-order valence-electron chi connectivity index (χ1n) is 6.79. The molecule has 2 aromatic heterocycles. The highest BCUT2D eigenvalue weighted by atomic mass is 19.3. The van der Waals surface area contributed by atoms with E-state index in [2.05, 4.69) is 24.8 Å². The number of hydrogen-bond acceptors (Lipinski definition) is 6. The van der Waals surface area contributed by atoms with Crippen LogP contribution in [0.1, 0.15) is 12.1 Å². The Labute approximate surface area is 124 Å². The number of aromatic amines is 1. The molecule has 3 heterocycles. The third-order valence-electron chi connectivity index (χ3n) is 3.44. The third kappa shape index (κ3) is 3.02. The first-order valence-corrected chi connectivity index (χ1v) is 6.79. The second-order valence-corrected chi connectivity index (χ2v) is 4.84. The zero-order valence-electron chi connectivity index (χ0n) is 11.6. The third-order valence-corrected chi connectivity index (χ3v) is 3.44. The van der Waals surface area contributed by atoms with Crippen molar-refractivity contribution >= 4 is 11.8 Å². The fraction of sp³-hybridized carbons (Fsp3) is 0.385. The summed E-state index contributed by atoms with van der Waals surface area (Å²) in [6.45, 7) is 2.42. The summed E-state index contributed by atoms with van der Waals surface area (Å²) < 4.78 is 25.4. The van der Waals surface area contributed by atoms with E-state index in [1.54, 1.807) is 11.1 Å². The lowest BCUT2D eigenvalue weighted by molar-refractivity contribution is 0.146. The summed E-state index contributed by atoms with van der Waals surface area (Å²) in [5.41, 5.74) is -1.07. The monoisotopic (exact) mass is 308 g/mol. The number of hydrogen-bond donors (Lipinski definition) is 1. The minimum Gasteiger partial charge on any atom is -0.353 e. The molecule has 0 saturated carbocycles. The lowest BCUT2D eigenvalue weighted by atomic mass is 10.3. The zero-order valence-corrected chi connectivity index (χ0v) is 11.6. The van der Waals surface area contributed by atoms with Crippen molar-refractivity contribution in [2.45, 2.75) is 6.43 Å². The summed E-state index contributed by atoms with van der Waals surface area (Å²) >= 11 is 0. The summed E-state index contributed by atoms with van der Waals surface area (Å²) in [5.74, 6) is 1.00. The van der Waals surface area contributed by atoms with Crippen LogP contribution in [0.4, 0.5) is 20.5 Å². The Kier molecular flexibility index (Phi) is 3.94. The van der Waals surface area contributed by atoms with E-state index < -0.39 is 17.7 Å². The summed E-state index contributed by atoms with van der Waals surface area (Å²) in [6.07, 6.45) is 0.385. The van der Waals surface area contributed by atoms with Crippen LogP contribution in [0.5, 0.6) is 0 Å².